The van der Waals surface area contributed by atoms with Gasteiger partial charge in [-0.2, -0.15) is 5.10 Å². The number of carbonyl (C=O) groups is 2. The SMILES string of the molecule is COc1c(Cl)cc(Cl)cc1C=NNC(=O)c1cccc(NC(=O)c2ccc(F)cc2)c1. The molecule has 0 radical (unpaired) electrons. The summed E-state index contributed by atoms with van der Waals surface area (Å²) < 4.78 is 18.2. The summed E-state index contributed by atoms with van der Waals surface area (Å²) in [5, 5.41) is 7.27. The minimum atomic E-state index is -0.499. The lowest BCUT2D eigenvalue weighted by Gasteiger charge is -2.08. The van der Waals surface area contributed by atoms with Gasteiger partial charge in [0, 0.05) is 27.4 Å². The Balaban J connectivity index is 1.68. The summed E-state index contributed by atoms with van der Waals surface area (Å²) >= 11 is 12.1. The summed E-state index contributed by atoms with van der Waals surface area (Å²) in [6.45, 7) is 0. The molecule has 9 heteroatoms. The van der Waals surface area contributed by atoms with Crippen LogP contribution in [0.4, 0.5) is 10.1 Å². The third kappa shape index (κ3) is 5.81. The Bertz CT molecular complexity index is 1150. The van der Waals surface area contributed by atoms with E-state index < -0.39 is 17.6 Å². The number of nitrogens with zero attached hydrogens (tertiary/aromatic N) is 1. The molecule has 0 bridgehead atoms. The maximum atomic E-state index is 13.0. The Labute approximate surface area is 187 Å². The highest BCUT2D eigenvalue weighted by molar-refractivity contribution is 6.36. The summed E-state index contributed by atoms with van der Waals surface area (Å²) in [5.74, 6) is -0.996. The van der Waals surface area contributed by atoms with Gasteiger partial charge in [-0.3, -0.25) is 9.59 Å². The van der Waals surface area contributed by atoms with Gasteiger partial charge in [-0.1, -0.05) is 29.3 Å². The van der Waals surface area contributed by atoms with E-state index in [0.717, 1.165) is 0 Å². The quantitative estimate of drug-likeness (QED) is 0.394. The molecule has 3 aromatic rings. The van der Waals surface area contributed by atoms with Gasteiger partial charge in [0.05, 0.1) is 18.3 Å². The molecule has 0 aromatic heterocycles. The lowest BCUT2D eigenvalue weighted by molar-refractivity contribution is 0.0953. The van der Waals surface area contributed by atoms with Crippen LogP contribution in [0.1, 0.15) is 26.3 Å². The van der Waals surface area contributed by atoms with Gasteiger partial charge in [0.1, 0.15) is 11.6 Å². The second-order valence-electron chi connectivity index (χ2n) is 6.25. The Kier molecular flexibility index (Phi) is 7.23. The van der Waals surface area contributed by atoms with Crippen molar-refractivity contribution in [1.82, 2.24) is 5.43 Å². The summed E-state index contributed by atoms with van der Waals surface area (Å²) in [4.78, 5) is 24.7. The molecule has 3 aromatic carbocycles. The van der Waals surface area contributed by atoms with Crippen LogP contribution in [0.15, 0.2) is 65.8 Å². The third-order valence-electron chi connectivity index (χ3n) is 4.10. The molecule has 2 N–H and O–H groups in total. The minimum Gasteiger partial charge on any atom is -0.495 e. The van der Waals surface area contributed by atoms with Gasteiger partial charge in [0.25, 0.3) is 11.8 Å². The number of hydrogen-bond donors (Lipinski definition) is 2. The highest BCUT2D eigenvalue weighted by Crippen LogP contribution is 2.31. The molecule has 158 valence electrons. The molecular formula is C22H16Cl2FN3O3. The van der Waals surface area contributed by atoms with Crippen LogP contribution in [-0.2, 0) is 0 Å². The number of hydrogen-bond acceptors (Lipinski definition) is 4. The molecule has 0 aliphatic carbocycles. The Morgan fingerprint density at radius 1 is 1.00 bits per heavy atom. The number of halogens is 3. The zero-order chi connectivity index (χ0) is 22.4. The van der Waals surface area contributed by atoms with E-state index in [1.807, 2.05) is 0 Å². The Morgan fingerprint density at radius 3 is 2.45 bits per heavy atom. The molecule has 0 spiro atoms. The van der Waals surface area contributed by atoms with Gasteiger partial charge >= 0.3 is 0 Å². The molecule has 0 heterocycles. The van der Waals surface area contributed by atoms with Crippen molar-refractivity contribution >= 4 is 46.9 Å². The van der Waals surface area contributed by atoms with Crippen LogP contribution in [0, 0.1) is 5.82 Å². The summed E-state index contributed by atoms with van der Waals surface area (Å²) in [6.07, 6.45) is 1.36. The number of methoxy groups -OCH3 is 1. The molecule has 2 amide bonds. The number of benzene rings is 3. The van der Waals surface area contributed by atoms with Crippen molar-refractivity contribution in [3.05, 3.63) is 93.2 Å². The first-order valence-corrected chi connectivity index (χ1v) is 9.66. The van der Waals surface area contributed by atoms with Crippen molar-refractivity contribution in [2.24, 2.45) is 5.10 Å². The zero-order valence-corrected chi connectivity index (χ0v) is 17.7. The molecule has 0 aliphatic heterocycles. The molecule has 0 saturated heterocycles. The van der Waals surface area contributed by atoms with Crippen LogP contribution in [0.2, 0.25) is 10.0 Å². The average Bonchev–Trinajstić information content (AvgIpc) is 2.74. The fourth-order valence-electron chi connectivity index (χ4n) is 2.66. The van der Waals surface area contributed by atoms with Crippen molar-refractivity contribution in [2.45, 2.75) is 0 Å². The van der Waals surface area contributed by atoms with Crippen molar-refractivity contribution in [3.8, 4) is 5.75 Å². The molecule has 0 aliphatic rings. The first kappa shape index (κ1) is 22.3. The summed E-state index contributed by atoms with van der Waals surface area (Å²) in [5.41, 5.74) is 3.83. The second kappa shape index (κ2) is 10.1. The average molecular weight is 460 g/mol. The normalized spacial score (nSPS) is 10.7. The third-order valence-corrected chi connectivity index (χ3v) is 4.60. The predicted molar refractivity (Wildman–Crippen MR) is 119 cm³/mol. The maximum Gasteiger partial charge on any atom is 0.271 e. The Morgan fingerprint density at radius 2 is 1.74 bits per heavy atom. The largest absolute Gasteiger partial charge is 0.495 e. The maximum absolute atomic E-state index is 13.0. The number of carbonyl (C=O) groups excluding carboxylic acids is 2. The first-order valence-electron chi connectivity index (χ1n) is 8.91. The van der Waals surface area contributed by atoms with E-state index in [4.69, 9.17) is 27.9 Å². The van der Waals surface area contributed by atoms with E-state index in [0.29, 0.717) is 27.0 Å². The highest BCUT2D eigenvalue weighted by atomic mass is 35.5. The van der Waals surface area contributed by atoms with E-state index in [1.165, 1.54) is 49.7 Å². The molecule has 31 heavy (non-hydrogen) atoms. The standard InChI is InChI=1S/C22H16Cl2FN3O3/c1-31-20-15(9-16(23)11-19(20)24)12-26-28-22(30)14-3-2-4-18(10-14)27-21(29)13-5-7-17(25)8-6-13/h2-12H,1H3,(H,27,29)(H,28,30). The van der Waals surface area contributed by atoms with Crippen LogP contribution >= 0.6 is 23.2 Å². The van der Waals surface area contributed by atoms with E-state index in [1.54, 1.807) is 24.3 Å². The molecule has 3 rings (SSSR count). The van der Waals surface area contributed by atoms with E-state index in [2.05, 4.69) is 15.8 Å². The molecular weight excluding hydrogens is 444 g/mol. The van der Waals surface area contributed by atoms with Gasteiger partial charge in [-0.15, -0.1) is 0 Å². The fraction of sp³-hybridized carbons (Fsp3) is 0.0455. The van der Waals surface area contributed by atoms with E-state index in [9.17, 15) is 14.0 Å². The van der Waals surface area contributed by atoms with Crippen LogP contribution in [0.3, 0.4) is 0 Å². The minimum absolute atomic E-state index is 0.269. The molecule has 0 saturated carbocycles. The molecule has 6 nitrogen and oxygen atoms in total. The lowest BCUT2D eigenvalue weighted by atomic mass is 10.1. The molecule has 0 atom stereocenters. The fourth-order valence-corrected chi connectivity index (χ4v) is 3.25. The number of ether oxygens (including phenoxy) is 1. The molecule has 0 fully saturated rings. The highest BCUT2D eigenvalue weighted by Gasteiger charge is 2.11. The monoisotopic (exact) mass is 459 g/mol. The number of nitrogens with one attached hydrogen (secondary N) is 2. The Hall–Kier alpha value is -3.42. The van der Waals surface area contributed by atoms with Gasteiger partial charge < -0.3 is 10.1 Å². The van der Waals surface area contributed by atoms with Crippen molar-refractivity contribution < 1.29 is 18.7 Å². The van der Waals surface area contributed by atoms with Crippen LogP contribution in [-0.4, -0.2) is 25.1 Å². The topological polar surface area (TPSA) is 79.8 Å². The number of rotatable bonds is 6. The van der Waals surface area contributed by atoms with Gasteiger partial charge in [0.15, 0.2) is 0 Å². The van der Waals surface area contributed by atoms with Gasteiger partial charge in [0.2, 0.25) is 0 Å². The zero-order valence-electron chi connectivity index (χ0n) is 16.2. The van der Waals surface area contributed by atoms with Crippen molar-refractivity contribution in [3.63, 3.8) is 0 Å². The van der Waals surface area contributed by atoms with Crippen LogP contribution in [0.5, 0.6) is 5.75 Å². The lowest BCUT2D eigenvalue weighted by Crippen LogP contribution is -2.18. The van der Waals surface area contributed by atoms with E-state index >= 15 is 0 Å². The summed E-state index contributed by atoms with van der Waals surface area (Å²) in [6, 6.07) is 14.5. The van der Waals surface area contributed by atoms with Crippen LogP contribution < -0.4 is 15.5 Å². The second-order valence-corrected chi connectivity index (χ2v) is 7.09. The van der Waals surface area contributed by atoms with Gasteiger partial charge in [-0.25, -0.2) is 9.82 Å². The first-order chi connectivity index (χ1) is 14.9. The van der Waals surface area contributed by atoms with Gasteiger partial charge in [-0.05, 0) is 54.6 Å². The van der Waals surface area contributed by atoms with E-state index in [-0.39, 0.29) is 11.1 Å². The molecule has 0 unspecified atom stereocenters. The number of hydrazone groups is 1. The van der Waals surface area contributed by atoms with Crippen molar-refractivity contribution in [1.29, 1.82) is 0 Å². The van der Waals surface area contributed by atoms with Crippen molar-refractivity contribution in [2.75, 3.05) is 12.4 Å². The number of anilines is 1. The smallest absolute Gasteiger partial charge is 0.271 e. The predicted octanol–water partition coefficient (Wildman–Crippen LogP) is 5.16. The van der Waals surface area contributed by atoms with Crippen LogP contribution in [0.25, 0.3) is 0 Å². The summed E-state index contributed by atoms with van der Waals surface area (Å²) in [7, 11) is 1.46. The number of amides is 2.